The van der Waals surface area contributed by atoms with Gasteiger partial charge in [0.25, 0.3) is 0 Å². The molecular formula is C16H34N2. The third kappa shape index (κ3) is 4.24. The molecule has 1 aliphatic carbocycles. The molecule has 1 saturated carbocycles. The number of nitrogens with two attached hydrogens (primary N) is 1. The molecule has 0 radical (unpaired) electrons. The van der Waals surface area contributed by atoms with E-state index in [9.17, 15) is 0 Å². The van der Waals surface area contributed by atoms with Gasteiger partial charge in [0.2, 0.25) is 0 Å². The summed E-state index contributed by atoms with van der Waals surface area (Å²) in [5, 5.41) is 0. The molecule has 0 heterocycles. The maximum atomic E-state index is 5.88. The molecule has 2 N–H and O–H groups in total. The van der Waals surface area contributed by atoms with Crippen molar-refractivity contribution < 1.29 is 0 Å². The number of rotatable bonds is 4. The van der Waals surface area contributed by atoms with Crippen LogP contribution >= 0.6 is 0 Å². The summed E-state index contributed by atoms with van der Waals surface area (Å²) >= 11 is 0. The first-order valence-electron chi connectivity index (χ1n) is 7.58. The predicted molar refractivity (Wildman–Crippen MR) is 80.7 cm³/mol. The molecule has 0 saturated heterocycles. The lowest BCUT2D eigenvalue weighted by Gasteiger charge is -2.46. The first-order valence-corrected chi connectivity index (χ1v) is 7.58. The summed E-state index contributed by atoms with van der Waals surface area (Å²) in [6.45, 7) is 13.6. The lowest BCUT2D eigenvalue weighted by atomic mass is 9.69. The molecule has 0 spiro atoms. The zero-order valence-corrected chi connectivity index (χ0v) is 13.4. The van der Waals surface area contributed by atoms with Crippen LogP contribution in [0.1, 0.15) is 60.3 Å². The van der Waals surface area contributed by atoms with Gasteiger partial charge in [-0.05, 0) is 43.2 Å². The van der Waals surface area contributed by atoms with E-state index in [1.807, 2.05) is 0 Å². The van der Waals surface area contributed by atoms with E-state index in [4.69, 9.17) is 5.73 Å². The van der Waals surface area contributed by atoms with Gasteiger partial charge >= 0.3 is 0 Å². The molecule has 2 atom stereocenters. The molecule has 0 amide bonds. The van der Waals surface area contributed by atoms with Crippen molar-refractivity contribution in [3.8, 4) is 0 Å². The number of hydrogen-bond donors (Lipinski definition) is 1. The third-order valence-corrected chi connectivity index (χ3v) is 4.64. The van der Waals surface area contributed by atoms with Crippen molar-refractivity contribution in [2.45, 2.75) is 66.3 Å². The molecule has 0 aromatic rings. The Bertz CT molecular complexity index is 252. The second-order valence-electron chi connectivity index (χ2n) is 8.11. The van der Waals surface area contributed by atoms with Gasteiger partial charge < -0.3 is 10.6 Å². The van der Waals surface area contributed by atoms with Gasteiger partial charge in [-0.25, -0.2) is 0 Å². The summed E-state index contributed by atoms with van der Waals surface area (Å²) in [6.07, 6.45) is 5.55. The van der Waals surface area contributed by atoms with Crippen molar-refractivity contribution >= 4 is 0 Å². The van der Waals surface area contributed by atoms with E-state index >= 15 is 0 Å². The summed E-state index contributed by atoms with van der Waals surface area (Å²) in [5.74, 6) is 0.824. The van der Waals surface area contributed by atoms with Crippen LogP contribution in [-0.2, 0) is 0 Å². The van der Waals surface area contributed by atoms with Crippen molar-refractivity contribution in [2.24, 2.45) is 22.5 Å². The first-order chi connectivity index (χ1) is 8.17. The molecule has 1 fully saturated rings. The second kappa shape index (κ2) is 5.92. The van der Waals surface area contributed by atoms with Crippen LogP contribution in [0.4, 0.5) is 0 Å². The van der Waals surface area contributed by atoms with Crippen molar-refractivity contribution in [1.29, 1.82) is 0 Å². The zero-order valence-electron chi connectivity index (χ0n) is 13.4. The molecule has 2 nitrogen and oxygen atoms in total. The first kappa shape index (κ1) is 16.0. The van der Waals surface area contributed by atoms with Crippen LogP contribution in [-0.4, -0.2) is 31.1 Å². The Morgan fingerprint density at radius 1 is 1.06 bits per heavy atom. The van der Waals surface area contributed by atoms with E-state index in [0.29, 0.717) is 5.41 Å². The maximum Gasteiger partial charge on any atom is 0.0126 e. The Kier molecular flexibility index (Phi) is 5.25. The van der Waals surface area contributed by atoms with Crippen molar-refractivity contribution in [2.75, 3.05) is 20.1 Å². The molecule has 2 heteroatoms. The average Bonchev–Trinajstić information content (AvgIpc) is 2.27. The van der Waals surface area contributed by atoms with Crippen LogP contribution in [0, 0.1) is 16.7 Å². The molecule has 0 aromatic carbocycles. The zero-order chi connectivity index (χ0) is 14.0. The Morgan fingerprint density at radius 3 is 2.11 bits per heavy atom. The van der Waals surface area contributed by atoms with Gasteiger partial charge in [-0.3, -0.25) is 0 Å². The Morgan fingerprint density at radius 2 is 1.61 bits per heavy atom. The third-order valence-electron chi connectivity index (χ3n) is 4.64. The molecule has 2 unspecified atom stereocenters. The standard InChI is InChI=1S/C16H34N2/c1-15(2,3)13-9-7-8-10-14(13)18(6)12-16(4,5)11-17/h13-14H,7-12,17H2,1-6H3. The minimum atomic E-state index is 0.231. The highest BCUT2D eigenvalue weighted by atomic mass is 15.1. The van der Waals surface area contributed by atoms with Crippen molar-refractivity contribution in [1.82, 2.24) is 4.90 Å². The average molecular weight is 254 g/mol. The lowest BCUT2D eigenvalue weighted by molar-refractivity contribution is 0.0381. The summed E-state index contributed by atoms with van der Waals surface area (Å²) in [6, 6.07) is 0.740. The highest BCUT2D eigenvalue weighted by Crippen LogP contribution is 2.40. The molecular weight excluding hydrogens is 220 g/mol. The van der Waals surface area contributed by atoms with Crippen LogP contribution in [0.5, 0.6) is 0 Å². The van der Waals surface area contributed by atoms with E-state index in [0.717, 1.165) is 25.0 Å². The van der Waals surface area contributed by atoms with Crippen molar-refractivity contribution in [3.05, 3.63) is 0 Å². The Labute approximate surface area is 114 Å². The maximum absolute atomic E-state index is 5.88. The number of hydrogen-bond acceptors (Lipinski definition) is 2. The van der Waals surface area contributed by atoms with Crippen LogP contribution < -0.4 is 5.73 Å². The van der Waals surface area contributed by atoms with E-state index in [2.05, 4.69) is 46.6 Å². The smallest absolute Gasteiger partial charge is 0.0126 e. The van der Waals surface area contributed by atoms with Gasteiger partial charge in [0, 0.05) is 12.6 Å². The van der Waals surface area contributed by atoms with Gasteiger partial charge in [0.05, 0.1) is 0 Å². The lowest BCUT2D eigenvalue weighted by Crippen LogP contribution is -2.49. The van der Waals surface area contributed by atoms with Crippen LogP contribution in [0.3, 0.4) is 0 Å². The van der Waals surface area contributed by atoms with Crippen LogP contribution in [0.25, 0.3) is 0 Å². The SMILES string of the molecule is CN(CC(C)(C)CN)C1CCCCC1C(C)(C)C. The molecule has 0 bridgehead atoms. The van der Waals surface area contributed by atoms with E-state index in [-0.39, 0.29) is 5.41 Å². The monoisotopic (exact) mass is 254 g/mol. The minimum Gasteiger partial charge on any atom is -0.330 e. The topological polar surface area (TPSA) is 29.3 Å². The highest BCUT2D eigenvalue weighted by molar-refractivity contribution is 4.90. The quantitative estimate of drug-likeness (QED) is 0.832. The summed E-state index contributed by atoms with van der Waals surface area (Å²) in [5.41, 5.74) is 6.53. The van der Waals surface area contributed by atoms with Crippen LogP contribution in [0.2, 0.25) is 0 Å². The highest BCUT2D eigenvalue weighted by Gasteiger charge is 2.37. The fourth-order valence-corrected chi connectivity index (χ4v) is 3.51. The molecule has 0 aromatic heterocycles. The fraction of sp³-hybridized carbons (Fsp3) is 1.00. The summed E-state index contributed by atoms with van der Waals surface area (Å²) < 4.78 is 0. The van der Waals surface area contributed by atoms with Gasteiger partial charge in [0.15, 0.2) is 0 Å². The Hall–Kier alpha value is -0.0800. The largest absolute Gasteiger partial charge is 0.330 e. The van der Waals surface area contributed by atoms with E-state index in [1.165, 1.54) is 25.7 Å². The van der Waals surface area contributed by atoms with Gasteiger partial charge in [0.1, 0.15) is 0 Å². The van der Waals surface area contributed by atoms with E-state index in [1.54, 1.807) is 0 Å². The molecule has 1 rings (SSSR count). The Balaban J connectivity index is 2.72. The van der Waals surface area contributed by atoms with Gasteiger partial charge in [-0.2, -0.15) is 0 Å². The molecule has 1 aliphatic rings. The molecule has 108 valence electrons. The number of nitrogens with zero attached hydrogens (tertiary/aromatic N) is 1. The summed E-state index contributed by atoms with van der Waals surface area (Å²) in [4.78, 5) is 2.59. The minimum absolute atomic E-state index is 0.231. The van der Waals surface area contributed by atoms with Crippen LogP contribution in [0.15, 0.2) is 0 Å². The molecule has 18 heavy (non-hydrogen) atoms. The normalized spacial score (nSPS) is 26.7. The predicted octanol–water partition coefficient (Wildman–Crippen LogP) is 3.51. The molecule has 0 aliphatic heterocycles. The summed E-state index contributed by atoms with van der Waals surface area (Å²) in [7, 11) is 2.30. The fourth-order valence-electron chi connectivity index (χ4n) is 3.51. The second-order valence-corrected chi connectivity index (χ2v) is 8.11. The van der Waals surface area contributed by atoms with E-state index < -0.39 is 0 Å². The van der Waals surface area contributed by atoms with Gasteiger partial charge in [-0.15, -0.1) is 0 Å². The van der Waals surface area contributed by atoms with Crippen molar-refractivity contribution in [3.63, 3.8) is 0 Å². The van der Waals surface area contributed by atoms with Gasteiger partial charge in [-0.1, -0.05) is 47.5 Å².